The zero-order chi connectivity index (χ0) is 21.5. The summed E-state index contributed by atoms with van der Waals surface area (Å²) in [6, 6.07) is 16.5. The van der Waals surface area contributed by atoms with Crippen LogP contribution in [0.1, 0.15) is 16.7 Å². The minimum absolute atomic E-state index is 0.244. The van der Waals surface area contributed by atoms with Crippen molar-refractivity contribution in [2.45, 2.75) is 19.8 Å². The molecule has 3 rings (SSSR count). The van der Waals surface area contributed by atoms with Gasteiger partial charge in [-0.1, -0.05) is 47.5 Å². The molecule has 0 bridgehead atoms. The number of aliphatic hydroxyl groups excluding tert-OH is 1. The molecular weight excluding hydrogens is 427 g/mol. The first-order valence-electron chi connectivity index (χ1n) is 9.19. The molecule has 0 aliphatic rings. The summed E-state index contributed by atoms with van der Waals surface area (Å²) in [7, 11) is 3.22. The largest absolute Gasteiger partial charge is 0.497 e. The van der Waals surface area contributed by atoms with E-state index >= 15 is 0 Å². The van der Waals surface area contributed by atoms with E-state index in [4.69, 9.17) is 42.1 Å². The average Bonchev–Trinajstić information content (AvgIpc) is 2.79. The first-order valence-corrected chi connectivity index (χ1v) is 9.94. The minimum atomic E-state index is -0.268. The molecular formula is C23H22Cl2O5. The summed E-state index contributed by atoms with van der Waals surface area (Å²) in [5.74, 6) is 2.13. The summed E-state index contributed by atoms with van der Waals surface area (Å²) in [5, 5.41) is 10.2. The van der Waals surface area contributed by atoms with Gasteiger partial charge in [-0.3, -0.25) is 0 Å². The van der Waals surface area contributed by atoms with Crippen LogP contribution in [0, 0.1) is 0 Å². The first-order chi connectivity index (χ1) is 14.5. The van der Waals surface area contributed by atoms with Crippen molar-refractivity contribution in [2.24, 2.45) is 0 Å². The molecule has 0 fully saturated rings. The van der Waals surface area contributed by atoms with Crippen LogP contribution in [0.3, 0.4) is 0 Å². The van der Waals surface area contributed by atoms with Gasteiger partial charge in [-0.15, -0.1) is 0 Å². The zero-order valence-electron chi connectivity index (χ0n) is 16.7. The van der Waals surface area contributed by atoms with Crippen LogP contribution in [0.4, 0.5) is 0 Å². The maximum absolute atomic E-state index is 9.59. The van der Waals surface area contributed by atoms with Crippen LogP contribution in [0.5, 0.6) is 23.0 Å². The van der Waals surface area contributed by atoms with Crippen molar-refractivity contribution in [2.75, 3.05) is 14.2 Å². The topological polar surface area (TPSA) is 57.2 Å². The van der Waals surface area contributed by atoms with Crippen LogP contribution >= 0.6 is 23.2 Å². The fourth-order valence-corrected chi connectivity index (χ4v) is 3.30. The molecule has 3 aromatic carbocycles. The second kappa shape index (κ2) is 10.4. The van der Waals surface area contributed by atoms with Gasteiger partial charge in [0.15, 0.2) is 11.5 Å². The van der Waals surface area contributed by atoms with E-state index in [1.54, 1.807) is 20.3 Å². The number of benzene rings is 3. The van der Waals surface area contributed by atoms with Crippen molar-refractivity contribution in [3.05, 3.63) is 81.3 Å². The van der Waals surface area contributed by atoms with Gasteiger partial charge in [-0.25, -0.2) is 0 Å². The number of rotatable bonds is 9. The van der Waals surface area contributed by atoms with Crippen molar-refractivity contribution in [1.82, 2.24) is 0 Å². The van der Waals surface area contributed by atoms with Crippen LogP contribution in [0.15, 0.2) is 54.6 Å². The van der Waals surface area contributed by atoms with E-state index in [2.05, 4.69) is 0 Å². The lowest BCUT2D eigenvalue weighted by Crippen LogP contribution is -2.03. The third-order valence-electron chi connectivity index (χ3n) is 4.46. The zero-order valence-corrected chi connectivity index (χ0v) is 18.2. The molecule has 0 saturated heterocycles. The standard InChI is InChI=1S/C23H22Cl2O5/c1-27-18-7-3-15(4-8-18)13-29-22-20(24)11-17(12-26)21(25)23(22)30-14-16-5-9-19(28-2)10-6-16/h3-11,26H,12-14H2,1-2H3. The molecule has 1 N–H and O–H groups in total. The van der Waals surface area contributed by atoms with Crippen molar-refractivity contribution >= 4 is 23.2 Å². The van der Waals surface area contributed by atoms with Crippen LogP contribution < -0.4 is 18.9 Å². The van der Waals surface area contributed by atoms with Crippen molar-refractivity contribution < 1.29 is 24.1 Å². The second-order valence-corrected chi connectivity index (χ2v) is 7.21. The molecule has 0 radical (unpaired) electrons. The Morgan fingerprint density at radius 1 is 0.733 bits per heavy atom. The highest BCUT2D eigenvalue weighted by Gasteiger charge is 2.19. The van der Waals surface area contributed by atoms with Crippen molar-refractivity contribution in [3.8, 4) is 23.0 Å². The quantitative estimate of drug-likeness (QED) is 0.457. The summed E-state index contributed by atoms with van der Waals surface area (Å²) in [6.45, 7) is 0.238. The number of hydrogen-bond acceptors (Lipinski definition) is 5. The number of halogens is 2. The molecule has 0 aromatic heterocycles. The Hall–Kier alpha value is -2.60. The van der Waals surface area contributed by atoms with Gasteiger partial charge < -0.3 is 24.1 Å². The van der Waals surface area contributed by atoms with Gasteiger partial charge in [-0.05, 0) is 41.5 Å². The number of ether oxygens (including phenoxy) is 4. The van der Waals surface area contributed by atoms with Gasteiger partial charge >= 0.3 is 0 Å². The average molecular weight is 449 g/mol. The molecule has 0 unspecified atom stereocenters. The molecule has 0 spiro atoms. The summed E-state index contributed by atoms with van der Waals surface area (Å²) >= 11 is 12.9. The lowest BCUT2D eigenvalue weighted by molar-refractivity contribution is 0.252. The molecule has 5 nitrogen and oxygen atoms in total. The molecule has 3 aromatic rings. The SMILES string of the molecule is COc1ccc(COc2c(Cl)cc(CO)c(Cl)c2OCc2ccc(OC)cc2)cc1. The van der Waals surface area contributed by atoms with E-state index < -0.39 is 0 Å². The van der Waals surface area contributed by atoms with Gasteiger partial charge in [0.2, 0.25) is 0 Å². The number of methoxy groups -OCH3 is 2. The summed E-state index contributed by atoms with van der Waals surface area (Å²) in [4.78, 5) is 0. The van der Waals surface area contributed by atoms with Gasteiger partial charge in [0, 0.05) is 5.56 Å². The molecule has 0 aliphatic heterocycles. The minimum Gasteiger partial charge on any atom is -0.497 e. The van der Waals surface area contributed by atoms with E-state index in [0.29, 0.717) is 16.3 Å². The smallest absolute Gasteiger partial charge is 0.182 e. The summed E-state index contributed by atoms with van der Waals surface area (Å²) in [6.07, 6.45) is 0. The molecule has 0 atom stereocenters. The third kappa shape index (κ3) is 5.30. The fraction of sp³-hybridized carbons (Fsp3) is 0.217. The molecule has 0 heterocycles. The summed E-state index contributed by atoms with van der Waals surface area (Å²) in [5.41, 5.74) is 2.30. The normalized spacial score (nSPS) is 10.6. The lowest BCUT2D eigenvalue weighted by Gasteiger charge is -2.18. The molecule has 158 valence electrons. The third-order valence-corrected chi connectivity index (χ3v) is 5.16. The Labute approximate surface area is 185 Å². The predicted octanol–water partition coefficient (Wildman–Crippen LogP) is 5.66. The first kappa shape index (κ1) is 22.1. The Morgan fingerprint density at radius 3 is 1.63 bits per heavy atom. The van der Waals surface area contributed by atoms with E-state index in [0.717, 1.165) is 22.6 Å². The highest BCUT2D eigenvalue weighted by atomic mass is 35.5. The number of hydrogen-bond donors (Lipinski definition) is 1. The van der Waals surface area contributed by atoms with E-state index in [1.807, 2.05) is 48.5 Å². The van der Waals surface area contributed by atoms with Crippen molar-refractivity contribution in [1.29, 1.82) is 0 Å². The highest BCUT2D eigenvalue weighted by molar-refractivity contribution is 6.36. The molecule has 0 amide bonds. The Morgan fingerprint density at radius 2 is 1.20 bits per heavy atom. The fourth-order valence-electron chi connectivity index (χ4n) is 2.77. The van der Waals surface area contributed by atoms with Gasteiger partial charge in [0.05, 0.1) is 30.9 Å². The van der Waals surface area contributed by atoms with Crippen LogP contribution in [0.25, 0.3) is 0 Å². The monoisotopic (exact) mass is 448 g/mol. The molecule has 0 aliphatic carbocycles. The maximum atomic E-state index is 9.59. The Bertz CT molecular complexity index is 972. The summed E-state index contributed by atoms with van der Waals surface area (Å²) < 4.78 is 22.3. The molecule has 0 saturated carbocycles. The highest BCUT2D eigenvalue weighted by Crippen LogP contribution is 2.44. The maximum Gasteiger partial charge on any atom is 0.182 e. The van der Waals surface area contributed by atoms with Gasteiger partial charge in [0.1, 0.15) is 24.7 Å². The van der Waals surface area contributed by atoms with Crippen LogP contribution in [-0.4, -0.2) is 19.3 Å². The van der Waals surface area contributed by atoms with E-state index in [9.17, 15) is 5.11 Å². The lowest BCUT2D eigenvalue weighted by atomic mass is 10.2. The van der Waals surface area contributed by atoms with Crippen LogP contribution in [0.2, 0.25) is 10.0 Å². The van der Waals surface area contributed by atoms with Crippen LogP contribution in [-0.2, 0) is 19.8 Å². The Balaban J connectivity index is 1.82. The molecule has 30 heavy (non-hydrogen) atoms. The van der Waals surface area contributed by atoms with Gasteiger partial charge in [0.25, 0.3) is 0 Å². The predicted molar refractivity (Wildman–Crippen MR) is 117 cm³/mol. The number of aliphatic hydroxyl groups is 1. The van der Waals surface area contributed by atoms with E-state index in [1.165, 1.54) is 0 Å². The molecule has 7 heteroatoms. The Kier molecular flexibility index (Phi) is 7.69. The van der Waals surface area contributed by atoms with Crippen molar-refractivity contribution in [3.63, 3.8) is 0 Å². The van der Waals surface area contributed by atoms with E-state index in [-0.39, 0.29) is 30.6 Å². The van der Waals surface area contributed by atoms with Gasteiger partial charge in [-0.2, -0.15) is 0 Å². The second-order valence-electron chi connectivity index (χ2n) is 6.42.